The highest BCUT2D eigenvalue weighted by molar-refractivity contribution is 6.01. The number of anilines is 1. The molecule has 7 nitrogen and oxygen atoms in total. The molecule has 0 unspecified atom stereocenters. The van der Waals surface area contributed by atoms with Crippen LogP contribution in [0.2, 0.25) is 0 Å². The van der Waals surface area contributed by atoms with Crippen molar-refractivity contribution in [2.45, 2.75) is 27.2 Å². The number of carbonyl (C=O) groups excluding carboxylic acids is 3. The quantitative estimate of drug-likeness (QED) is 0.716. The number of carbonyl (C=O) groups is 3. The molecular weight excluding hydrogens is 360 g/mol. The van der Waals surface area contributed by atoms with Gasteiger partial charge in [-0.1, -0.05) is 31.2 Å². The van der Waals surface area contributed by atoms with Crippen LogP contribution >= 0.6 is 0 Å². The van der Waals surface area contributed by atoms with Gasteiger partial charge in [0.05, 0.1) is 0 Å². The van der Waals surface area contributed by atoms with Crippen molar-refractivity contribution < 1.29 is 23.9 Å². The molecule has 0 spiro atoms. The summed E-state index contributed by atoms with van der Waals surface area (Å²) in [5, 5.41) is 4.65. The summed E-state index contributed by atoms with van der Waals surface area (Å²) >= 11 is 0. The van der Waals surface area contributed by atoms with Crippen LogP contribution in [-0.4, -0.2) is 31.1 Å². The molecule has 7 heteroatoms. The van der Waals surface area contributed by atoms with Gasteiger partial charge in [0, 0.05) is 5.69 Å². The van der Waals surface area contributed by atoms with Crippen LogP contribution in [0.25, 0.3) is 0 Å². The van der Waals surface area contributed by atoms with Gasteiger partial charge in [0.15, 0.2) is 13.2 Å². The average Bonchev–Trinajstić information content (AvgIpc) is 2.67. The van der Waals surface area contributed by atoms with Crippen LogP contribution in [0.5, 0.6) is 5.75 Å². The summed E-state index contributed by atoms with van der Waals surface area (Å²) in [4.78, 5) is 35.3. The summed E-state index contributed by atoms with van der Waals surface area (Å²) < 4.78 is 10.2. The molecule has 0 fully saturated rings. The standard InChI is InChI=1S/C21H24N2O5/c1-4-16-7-5-6-8-18(16)27-13-20(25)28-12-19(24)23-21(26)22-17-10-9-14(2)15(3)11-17/h5-11H,4,12-13H2,1-3H3,(H2,22,23,24,26). The molecule has 0 aromatic heterocycles. The predicted molar refractivity (Wildman–Crippen MR) is 105 cm³/mol. The molecule has 0 aliphatic carbocycles. The van der Waals surface area contributed by atoms with E-state index < -0.39 is 24.5 Å². The molecule has 0 saturated carbocycles. The van der Waals surface area contributed by atoms with E-state index >= 15 is 0 Å². The number of nitrogens with one attached hydrogen (secondary N) is 2. The smallest absolute Gasteiger partial charge is 0.344 e. The fraction of sp³-hybridized carbons (Fsp3) is 0.286. The third-order valence-corrected chi connectivity index (χ3v) is 4.08. The number of rotatable bonds is 7. The van der Waals surface area contributed by atoms with E-state index in [1.807, 2.05) is 39.0 Å². The van der Waals surface area contributed by atoms with Crippen LogP contribution < -0.4 is 15.4 Å². The van der Waals surface area contributed by atoms with E-state index in [4.69, 9.17) is 9.47 Å². The van der Waals surface area contributed by atoms with Crippen molar-refractivity contribution in [1.82, 2.24) is 5.32 Å². The second-order valence-electron chi connectivity index (χ2n) is 6.21. The first-order valence-electron chi connectivity index (χ1n) is 8.93. The maximum Gasteiger partial charge on any atom is 0.344 e. The third kappa shape index (κ3) is 6.42. The Morgan fingerprint density at radius 1 is 0.964 bits per heavy atom. The minimum Gasteiger partial charge on any atom is -0.482 e. The molecule has 0 atom stereocenters. The minimum absolute atomic E-state index is 0.320. The van der Waals surface area contributed by atoms with Gasteiger partial charge in [-0.15, -0.1) is 0 Å². The molecule has 0 radical (unpaired) electrons. The zero-order chi connectivity index (χ0) is 20.5. The van der Waals surface area contributed by atoms with Crippen LogP contribution in [0.3, 0.4) is 0 Å². The fourth-order valence-corrected chi connectivity index (χ4v) is 2.41. The molecule has 148 valence electrons. The molecule has 0 heterocycles. The molecule has 0 aliphatic heterocycles. The first kappa shape index (κ1) is 21.0. The third-order valence-electron chi connectivity index (χ3n) is 4.08. The summed E-state index contributed by atoms with van der Waals surface area (Å²) in [6.07, 6.45) is 0.767. The van der Waals surface area contributed by atoms with Gasteiger partial charge in [-0.05, 0) is 55.2 Å². The molecule has 0 bridgehead atoms. The van der Waals surface area contributed by atoms with Crippen molar-refractivity contribution in [3.05, 3.63) is 59.2 Å². The summed E-state index contributed by atoms with van der Waals surface area (Å²) in [5.41, 5.74) is 3.64. The zero-order valence-electron chi connectivity index (χ0n) is 16.2. The van der Waals surface area contributed by atoms with E-state index in [0.717, 1.165) is 23.1 Å². The van der Waals surface area contributed by atoms with Gasteiger partial charge < -0.3 is 14.8 Å². The number of aryl methyl sites for hydroxylation is 3. The van der Waals surface area contributed by atoms with Gasteiger partial charge in [-0.2, -0.15) is 0 Å². The normalized spacial score (nSPS) is 10.1. The average molecular weight is 384 g/mol. The Hall–Kier alpha value is -3.35. The molecule has 0 aliphatic rings. The number of amides is 3. The highest BCUT2D eigenvalue weighted by Gasteiger charge is 2.12. The Balaban J connectivity index is 1.73. The molecule has 2 N–H and O–H groups in total. The van der Waals surface area contributed by atoms with Crippen molar-refractivity contribution in [3.63, 3.8) is 0 Å². The topological polar surface area (TPSA) is 93.7 Å². The molecule has 2 aromatic carbocycles. The largest absolute Gasteiger partial charge is 0.482 e. The SMILES string of the molecule is CCc1ccccc1OCC(=O)OCC(=O)NC(=O)Nc1ccc(C)c(C)c1. The van der Waals surface area contributed by atoms with E-state index in [2.05, 4.69) is 10.6 Å². The van der Waals surface area contributed by atoms with E-state index in [-0.39, 0.29) is 6.61 Å². The van der Waals surface area contributed by atoms with Crippen LogP contribution in [-0.2, 0) is 20.7 Å². The Kier molecular flexibility index (Phi) is 7.56. The molecular formula is C21H24N2O5. The van der Waals surface area contributed by atoms with E-state index in [0.29, 0.717) is 11.4 Å². The molecule has 2 aromatic rings. The molecule has 28 heavy (non-hydrogen) atoms. The van der Waals surface area contributed by atoms with Gasteiger partial charge in [-0.3, -0.25) is 10.1 Å². The van der Waals surface area contributed by atoms with Gasteiger partial charge in [0.1, 0.15) is 5.75 Å². The van der Waals surface area contributed by atoms with Crippen molar-refractivity contribution in [2.75, 3.05) is 18.5 Å². The zero-order valence-corrected chi connectivity index (χ0v) is 16.2. The highest BCUT2D eigenvalue weighted by atomic mass is 16.6. The monoisotopic (exact) mass is 384 g/mol. The van der Waals surface area contributed by atoms with Crippen LogP contribution in [0.4, 0.5) is 10.5 Å². The Bertz CT molecular complexity index is 864. The summed E-state index contributed by atoms with van der Waals surface area (Å²) in [6.45, 7) is 4.97. The summed E-state index contributed by atoms with van der Waals surface area (Å²) in [6, 6.07) is 12.1. The second-order valence-corrected chi connectivity index (χ2v) is 6.21. The van der Waals surface area contributed by atoms with Crippen molar-refractivity contribution in [3.8, 4) is 5.75 Å². The molecule has 0 saturated heterocycles. The number of hydrogen-bond donors (Lipinski definition) is 2. The summed E-state index contributed by atoms with van der Waals surface area (Å²) in [7, 11) is 0. The van der Waals surface area contributed by atoms with Crippen LogP contribution in [0.1, 0.15) is 23.6 Å². The van der Waals surface area contributed by atoms with Gasteiger partial charge in [0.25, 0.3) is 5.91 Å². The Labute approximate surface area is 164 Å². The van der Waals surface area contributed by atoms with Gasteiger partial charge in [0.2, 0.25) is 0 Å². The first-order chi connectivity index (χ1) is 13.4. The van der Waals surface area contributed by atoms with Gasteiger partial charge >= 0.3 is 12.0 Å². The summed E-state index contributed by atoms with van der Waals surface area (Å²) in [5.74, 6) is -0.835. The predicted octanol–water partition coefficient (Wildman–Crippen LogP) is 3.14. The lowest BCUT2D eigenvalue weighted by Crippen LogP contribution is -2.37. The lowest BCUT2D eigenvalue weighted by molar-refractivity contribution is -0.150. The Morgan fingerprint density at radius 3 is 2.43 bits per heavy atom. The van der Waals surface area contributed by atoms with Crippen LogP contribution in [0.15, 0.2) is 42.5 Å². The molecule has 3 amide bonds. The van der Waals surface area contributed by atoms with Gasteiger partial charge in [-0.25, -0.2) is 9.59 Å². The highest BCUT2D eigenvalue weighted by Crippen LogP contribution is 2.18. The maximum atomic E-state index is 11.8. The van der Waals surface area contributed by atoms with Crippen molar-refractivity contribution in [1.29, 1.82) is 0 Å². The minimum atomic E-state index is -0.733. The lowest BCUT2D eigenvalue weighted by Gasteiger charge is -2.10. The lowest BCUT2D eigenvalue weighted by atomic mass is 10.1. The first-order valence-corrected chi connectivity index (χ1v) is 8.93. The Morgan fingerprint density at radius 2 is 1.71 bits per heavy atom. The van der Waals surface area contributed by atoms with E-state index in [9.17, 15) is 14.4 Å². The molecule has 2 rings (SSSR count). The number of hydrogen-bond acceptors (Lipinski definition) is 5. The number of urea groups is 1. The fourth-order valence-electron chi connectivity index (χ4n) is 2.41. The van der Waals surface area contributed by atoms with Crippen molar-refractivity contribution in [2.24, 2.45) is 0 Å². The number of ether oxygens (including phenoxy) is 2. The van der Waals surface area contributed by atoms with Crippen LogP contribution in [0, 0.1) is 13.8 Å². The number of para-hydroxylation sites is 1. The van der Waals surface area contributed by atoms with Crippen molar-refractivity contribution >= 4 is 23.6 Å². The maximum absolute atomic E-state index is 11.8. The number of esters is 1. The second kappa shape index (κ2) is 10.1. The number of imide groups is 1. The van der Waals surface area contributed by atoms with E-state index in [1.54, 1.807) is 24.3 Å². The van der Waals surface area contributed by atoms with E-state index in [1.165, 1.54) is 0 Å². The number of benzene rings is 2.